The Balaban J connectivity index is 1.23. The molecule has 1 saturated heterocycles. The summed E-state index contributed by atoms with van der Waals surface area (Å²) in [6, 6.07) is 26.3. The first-order chi connectivity index (χ1) is 14.3. The van der Waals surface area contributed by atoms with E-state index in [2.05, 4.69) is 94.6 Å². The fourth-order valence-corrected chi connectivity index (χ4v) is 4.41. The van der Waals surface area contributed by atoms with Crippen LogP contribution < -0.4 is 5.32 Å². The van der Waals surface area contributed by atoms with Gasteiger partial charge < -0.3 is 9.88 Å². The summed E-state index contributed by atoms with van der Waals surface area (Å²) in [5.41, 5.74) is 5.69. The van der Waals surface area contributed by atoms with Crippen LogP contribution in [-0.2, 0) is 26.6 Å². The summed E-state index contributed by atoms with van der Waals surface area (Å²) >= 11 is 0. The minimum Gasteiger partial charge on any atom is -0.349 e. The summed E-state index contributed by atoms with van der Waals surface area (Å²) in [7, 11) is 2.21. The van der Waals surface area contributed by atoms with Crippen LogP contribution in [0.4, 0.5) is 0 Å². The van der Waals surface area contributed by atoms with Crippen LogP contribution in [0, 0.1) is 0 Å². The third-order valence-corrected chi connectivity index (χ3v) is 6.31. The van der Waals surface area contributed by atoms with E-state index in [-0.39, 0.29) is 0 Å². The third-order valence-electron chi connectivity index (χ3n) is 6.31. The van der Waals surface area contributed by atoms with Crippen molar-refractivity contribution >= 4 is 0 Å². The fraction of sp³-hybridized carbons (Fsp3) is 0.385. The van der Waals surface area contributed by atoms with E-state index in [9.17, 15) is 0 Å². The molecule has 0 radical (unpaired) electrons. The Hall–Kier alpha value is -2.36. The molecule has 2 aromatic carbocycles. The first-order valence-electron chi connectivity index (χ1n) is 10.9. The number of piperidine rings is 1. The van der Waals surface area contributed by atoms with Crippen LogP contribution >= 0.6 is 0 Å². The molecule has 0 bridgehead atoms. The lowest BCUT2D eigenvalue weighted by atomic mass is 9.89. The number of likely N-dealkylation sites (tertiary alicyclic amines) is 1. The molecule has 4 rings (SSSR count). The Morgan fingerprint density at radius 1 is 0.828 bits per heavy atom. The molecule has 1 N–H and O–H groups in total. The van der Waals surface area contributed by atoms with Gasteiger partial charge in [0.25, 0.3) is 0 Å². The first kappa shape index (κ1) is 19.9. The van der Waals surface area contributed by atoms with Gasteiger partial charge in [0.05, 0.1) is 0 Å². The number of rotatable bonds is 8. The van der Waals surface area contributed by atoms with E-state index in [0.29, 0.717) is 0 Å². The van der Waals surface area contributed by atoms with E-state index >= 15 is 0 Å². The smallest absolute Gasteiger partial charge is 0.0387 e. The Labute approximate surface area is 175 Å². The second-order valence-electron chi connectivity index (χ2n) is 8.25. The van der Waals surface area contributed by atoms with Crippen molar-refractivity contribution in [3.8, 4) is 0 Å². The predicted octanol–water partition coefficient (Wildman–Crippen LogP) is 4.74. The zero-order valence-electron chi connectivity index (χ0n) is 17.6. The van der Waals surface area contributed by atoms with Crippen LogP contribution in [0.5, 0.6) is 0 Å². The Kier molecular flexibility index (Phi) is 6.81. The lowest BCUT2D eigenvalue weighted by molar-refractivity contribution is 0.201. The van der Waals surface area contributed by atoms with Crippen LogP contribution in [-0.4, -0.2) is 29.1 Å². The summed E-state index contributed by atoms with van der Waals surface area (Å²) in [4.78, 5) is 2.61. The molecule has 1 aliphatic heterocycles. The third kappa shape index (κ3) is 5.37. The van der Waals surface area contributed by atoms with E-state index in [1.54, 1.807) is 0 Å². The molecule has 3 nitrogen and oxygen atoms in total. The van der Waals surface area contributed by atoms with Gasteiger partial charge in [0.2, 0.25) is 0 Å². The van der Waals surface area contributed by atoms with Crippen molar-refractivity contribution < 1.29 is 0 Å². The van der Waals surface area contributed by atoms with Gasteiger partial charge in [0.15, 0.2) is 0 Å². The van der Waals surface area contributed by atoms with Crippen molar-refractivity contribution in [3.05, 3.63) is 95.3 Å². The Morgan fingerprint density at radius 3 is 2.21 bits per heavy atom. The number of nitrogens with one attached hydrogen (secondary N) is 1. The number of hydrogen-bond donors (Lipinski definition) is 1. The van der Waals surface area contributed by atoms with Crippen LogP contribution in [0.15, 0.2) is 72.8 Å². The van der Waals surface area contributed by atoms with Crippen molar-refractivity contribution in [2.75, 3.05) is 19.6 Å². The molecule has 0 saturated carbocycles. The predicted molar refractivity (Wildman–Crippen MR) is 121 cm³/mol. The molecule has 0 unspecified atom stereocenters. The van der Waals surface area contributed by atoms with Gasteiger partial charge in [-0.3, -0.25) is 4.90 Å². The van der Waals surface area contributed by atoms with Crippen molar-refractivity contribution in [2.24, 2.45) is 7.05 Å². The standard InChI is InChI=1S/C26H33N3/c1-28-25(20-27-17-14-22-8-4-2-5-9-22)12-13-26(28)21-29-18-15-24(16-19-29)23-10-6-3-7-11-23/h2-13,24,27H,14-21H2,1H3. The van der Waals surface area contributed by atoms with E-state index in [1.165, 1.54) is 48.4 Å². The van der Waals surface area contributed by atoms with E-state index in [0.717, 1.165) is 32.0 Å². The van der Waals surface area contributed by atoms with E-state index < -0.39 is 0 Å². The van der Waals surface area contributed by atoms with Crippen molar-refractivity contribution in [2.45, 2.75) is 38.3 Å². The van der Waals surface area contributed by atoms with Gasteiger partial charge >= 0.3 is 0 Å². The minimum absolute atomic E-state index is 0.727. The monoisotopic (exact) mass is 387 g/mol. The largest absolute Gasteiger partial charge is 0.349 e. The van der Waals surface area contributed by atoms with Gasteiger partial charge in [-0.15, -0.1) is 0 Å². The van der Waals surface area contributed by atoms with E-state index in [1.807, 2.05) is 0 Å². The maximum absolute atomic E-state index is 3.60. The van der Waals surface area contributed by atoms with Crippen LogP contribution in [0.2, 0.25) is 0 Å². The summed E-state index contributed by atoms with van der Waals surface area (Å²) in [5, 5.41) is 3.60. The van der Waals surface area contributed by atoms with Crippen LogP contribution in [0.25, 0.3) is 0 Å². The molecule has 152 valence electrons. The highest BCUT2D eigenvalue weighted by atomic mass is 15.1. The highest BCUT2D eigenvalue weighted by molar-refractivity contribution is 5.21. The lowest BCUT2D eigenvalue weighted by Crippen LogP contribution is -2.33. The van der Waals surface area contributed by atoms with Gasteiger partial charge in [0.1, 0.15) is 0 Å². The zero-order valence-corrected chi connectivity index (χ0v) is 17.6. The van der Waals surface area contributed by atoms with Crippen molar-refractivity contribution in [3.63, 3.8) is 0 Å². The second kappa shape index (κ2) is 9.91. The maximum atomic E-state index is 3.60. The van der Waals surface area contributed by atoms with Crippen LogP contribution in [0.3, 0.4) is 0 Å². The maximum Gasteiger partial charge on any atom is 0.0387 e. The normalized spacial score (nSPS) is 15.6. The first-order valence-corrected chi connectivity index (χ1v) is 10.9. The molecule has 3 aromatic rings. The molecule has 0 aliphatic carbocycles. The Morgan fingerprint density at radius 2 is 1.48 bits per heavy atom. The molecular formula is C26H33N3. The van der Waals surface area contributed by atoms with Crippen molar-refractivity contribution in [1.82, 2.24) is 14.8 Å². The summed E-state index contributed by atoms with van der Waals surface area (Å²) < 4.78 is 2.37. The van der Waals surface area contributed by atoms with E-state index in [4.69, 9.17) is 0 Å². The zero-order chi connectivity index (χ0) is 19.9. The van der Waals surface area contributed by atoms with Crippen molar-refractivity contribution in [1.29, 1.82) is 0 Å². The lowest BCUT2D eigenvalue weighted by Gasteiger charge is -2.32. The molecule has 0 amide bonds. The second-order valence-corrected chi connectivity index (χ2v) is 8.25. The molecule has 0 spiro atoms. The highest BCUT2D eigenvalue weighted by Gasteiger charge is 2.21. The average molecular weight is 388 g/mol. The molecule has 1 aromatic heterocycles. The molecular weight excluding hydrogens is 354 g/mol. The number of nitrogens with zero attached hydrogens (tertiary/aromatic N) is 2. The van der Waals surface area contributed by atoms with Gasteiger partial charge in [-0.05, 0) is 68.1 Å². The molecule has 29 heavy (non-hydrogen) atoms. The number of hydrogen-bond acceptors (Lipinski definition) is 2. The topological polar surface area (TPSA) is 20.2 Å². The molecule has 3 heteroatoms. The quantitative estimate of drug-likeness (QED) is 0.564. The molecule has 1 fully saturated rings. The summed E-state index contributed by atoms with van der Waals surface area (Å²) in [6.07, 6.45) is 3.61. The average Bonchev–Trinajstić information content (AvgIpc) is 3.12. The highest BCUT2D eigenvalue weighted by Crippen LogP contribution is 2.28. The molecule has 1 aliphatic rings. The summed E-state index contributed by atoms with van der Waals surface area (Å²) in [6.45, 7) is 5.38. The SMILES string of the molecule is Cn1c(CNCCc2ccccc2)ccc1CN1CCC(c2ccccc2)CC1. The van der Waals surface area contributed by atoms with Gasteiger partial charge in [-0.2, -0.15) is 0 Å². The number of benzene rings is 2. The molecule has 2 heterocycles. The van der Waals surface area contributed by atoms with Gasteiger partial charge in [-0.25, -0.2) is 0 Å². The summed E-state index contributed by atoms with van der Waals surface area (Å²) in [5.74, 6) is 0.727. The van der Waals surface area contributed by atoms with Gasteiger partial charge in [-0.1, -0.05) is 60.7 Å². The van der Waals surface area contributed by atoms with Gasteiger partial charge in [0, 0.05) is 31.5 Å². The fourth-order valence-electron chi connectivity index (χ4n) is 4.41. The number of aromatic nitrogens is 1. The molecule has 0 atom stereocenters. The van der Waals surface area contributed by atoms with Crippen LogP contribution in [0.1, 0.15) is 41.3 Å². The Bertz CT molecular complexity index is 861. The minimum atomic E-state index is 0.727.